The molecule has 148 valence electrons. The van der Waals surface area contributed by atoms with E-state index in [4.69, 9.17) is 9.73 Å². The van der Waals surface area contributed by atoms with Gasteiger partial charge < -0.3 is 15.0 Å². The van der Waals surface area contributed by atoms with Crippen LogP contribution in [0, 0.1) is 5.92 Å². The number of para-hydroxylation sites is 1. The number of nitrogens with zero attached hydrogens (tertiary/aromatic N) is 2. The predicted octanol–water partition coefficient (Wildman–Crippen LogP) is 4.89. The zero-order valence-electron chi connectivity index (χ0n) is 16.7. The highest BCUT2D eigenvalue weighted by molar-refractivity contribution is 8.16. The van der Waals surface area contributed by atoms with E-state index in [-0.39, 0.29) is 23.4 Å². The van der Waals surface area contributed by atoms with Crippen molar-refractivity contribution < 1.29 is 9.53 Å². The Morgan fingerprint density at radius 1 is 1.21 bits per heavy atom. The van der Waals surface area contributed by atoms with Gasteiger partial charge >= 0.3 is 0 Å². The Morgan fingerprint density at radius 3 is 2.72 bits per heavy atom. The van der Waals surface area contributed by atoms with E-state index in [1.165, 1.54) is 12.5 Å². The number of anilines is 1. The highest BCUT2D eigenvalue weighted by Gasteiger charge is 2.51. The summed E-state index contributed by atoms with van der Waals surface area (Å²) in [6.07, 6.45) is 0. The van der Waals surface area contributed by atoms with Crippen molar-refractivity contribution in [2.45, 2.75) is 32.4 Å². The molecule has 5 nitrogen and oxygen atoms in total. The molecule has 3 aliphatic rings. The molecule has 1 N–H and O–H groups in total. The molecule has 0 saturated carbocycles. The van der Waals surface area contributed by atoms with Crippen molar-refractivity contribution in [1.29, 1.82) is 0 Å². The molecule has 2 aromatic carbocycles. The summed E-state index contributed by atoms with van der Waals surface area (Å²) in [5.41, 5.74) is 4.08. The number of benzene rings is 2. The number of thioether (sulfide) groups is 1. The first-order chi connectivity index (χ1) is 13.9. The maximum atomic E-state index is 11.3. The SMILES string of the molecule is CC(=O)Nc1ccc(C2=CSC3=NC4c5ccccc5OCC4C(C)(C)N23)cc1. The average molecular weight is 406 g/mol. The number of nitrogens with one attached hydrogen (secondary N) is 1. The van der Waals surface area contributed by atoms with Crippen molar-refractivity contribution >= 4 is 34.2 Å². The van der Waals surface area contributed by atoms with Crippen molar-refractivity contribution in [2.75, 3.05) is 11.9 Å². The number of amidine groups is 1. The van der Waals surface area contributed by atoms with Crippen LogP contribution in [0.5, 0.6) is 5.75 Å². The molecule has 3 heterocycles. The molecule has 29 heavy (non-hydrogen) atoms. The molecule has 0 aliphatic carbocycles. The molecule has 2 atom stereocenters. The molecule has 6 heteroatoms. The number of fused-ring (bicyclic) bond motifs is 4. The lowest BCUT2D eigenvalue weighted by molar-refractivity contribution is -0.114. The third kappa shape index (κ3) is 2.94. The Hall–Kier alpha value is -2.73. The van der Waals surface area contributed by atoms with Crippen molar-refractivity contribution in [2.24, 2.45) is 10.9 Å². The highest BCUT2D eigenvalue weighted by atomic mass is 32.2. The summed E-state index contributed by atoms with van der Waals surface area (Å²) in [6.45, 7) is 6.73. The maximum Gasteiger partial charge on any atom is 0.221 e. The second-order valence-electron chi connectivity index (χ2n) is 8.18. The number of hydrogen-bond acceptors (Lipinski definition) is 5. The summed E-state index contributed by atoms with van der Waals surface area (Å²) < 4.78 is 6.11. The normalized spacial score (nSPS) is 23.8. The van der Waals surface area contributed by atoms with E-state index in [1.54, 1.807) is 11.8 Å². The van der Waals surface area contributed by atoms with Gasteiger partial charge in [0.1, 0.15) is 5.75 Å². The molecular weight excluding hydrogens is 382 g/mol. The summed E-state index contributed by atoms with van der Waals surface area (Å²) in [7, 11) is 0. The summed E-state index contributed by atoms with van der Waals surface area (Å²) >= 11 is 1.68. The van der Waals surface area contributed by atoms with E-state index in [2.05, 4.69) is 53.7 Å². The van der Waals surface area contributed by atoms with E-state index in [1.807, 2.05) is 24.3 Å². The molecule has 0 spiro atoms. The molecule has 0 radical (unpaired) electrons. The van der Waals surface area contributed by atoms with Crippen LogP contribution in [0.1, 0.15) is 37.9 Å². The van der Waals surface area contributed by atoms with Crippen LogP contribution in [-0.2, 0) is 4.79 Å². The minimum absolute atomic E-state index is 0.0661. The number of carbonyl (C=O) groups excluding carboxylic acids is 1. The number of amides is 1. The van der Waals surface area contributed by atoms with E-state index in [0.29, 0.717) is 6.61 Å². The number of aliphatic imine (C=N–C) groups is 1. The third-order valence-corrected chi connectivity index (χ3v) is 6.82. The Balaban J connectivity index is 1.51. The fraction of sp³-hybridized carbons (Fsp3) is 0.304. The van der Waals surface area contributed by atoms with Gasteiger partial charge in [0.25, 0.3) is 0 Å². The molecule has 2 aromatic rings. The standard InChI is InChI=1S/C23H23N3O2S/c1-14(27)24-16-10-8-15(9-11-16)19-13-29-22-25-21-17-6-4-5-7-20(17)28-12-18(21)23(2,3)26(19)22/h4-11,13,18,21H,12H2,1-3H3,(H,24,27). The van der Waals surface area contributed by atoms with Crippen molar-refractivity contribution in [3.05, 3.63) is 65.1 Å². The largest absolute Gasteiger partial charge is 0.493 e. The summed E-state index contributed by atoms with van der Waals surface area (Å²) in [6, 6.07) is 16.3. The fourth-order valence-electron chi connectivity index (χ4n) is 4.47. The molecule has 3 aliphatic heterocycles. The molecule has 0 fully saturated rings. The molecule has 1 amide bonds. The second kappa shape index (κ2) is 6.66. The minimum atomic E-state index is -0.152. The van der Waals surface area contributed by atoms with Gasteiger partial charge in [-0.2, -0.15) is 0 Å². The van der Waals surface area contributed by atoms with Crippen molar-refractivity contribution in [1.82, 2.24) is 4.90 Å². The molecule has 0 bridgehead atoms. The van der Waals surface area contributed by atoms with Gasteiger partial charge in [-0.15, -0.1) is 0 Å². The smallest absolute Gasteiger partial charge is 0.221 e. The van der Waals surface area contributed by atoms with Crippen molar-refractivity contribution in [3.8, 4) is 5.75 Å². The van der Waals surface area contributed by atoms with Gasteiger partial charge in [-0.25, -0.2) is 0 Å². The van der Waals surface area contributed by atoms with Gasteiger partial charge in [0.15, 0.2) is 5.17 Å². The predicted molar refractivity (Wildman–Crippen MR) is 118 cm³/mol. The van der Waals surface area contributed by atoms with E-state index < -0.39 is 0 Å². The van der Waals surface area contributed by atoms with Gasteiger partial charge in [-0.05, 0) is 37.6 Å². The monoisotopic (exact) mass is 405 g/mol. The van der Waals surface area contributed by atoms with Crippen LogP contribution in [-0.4, -0.2) is 28.1 Å². The first kappa shape index (κ1) is 18.3. The van der Waals surface area contributed by atoms with Crippen LogP contribution in [0.3, 0.4) is 0 Å². The topological polar surface area (TPSA) is 53.9 Å². The van der Waals surface area contributed by atoms with Gasteiger partial charge in [0.2, 0.25) is 5.91 Å². The van der Waals surface area contributed by atoms with Crippen LogP contribution < -0.4 is 10.1 Å². The van der Waals surface area contributed by atoms with E-state index in [9.17, 15) is 4.79 Å². The Labute approximate surface area is 174 Å². The molecular formula is C23H23N3O2S. The number of ether oxygens (including phenoxy) is 1. The Bertz CT molecular complexity index is 1040. The molecule has 2 unspecified atom stereocenters. The Kier molecular flexibility index (Phi) is 4.21. The lowest BCUT2D eigenvalue weighted by Gasteiger charge is -2.51. The molecule has 0 aromatic heterocycles. The first-order valence-corrected chi connectivity index (χ1v) is 10.7. The van der Waals surface area contributed by atoms with Crippen LogP contribution in [0.15, 0.2) is 58.9 Å². The number of hydrogen-bond donors (Lipinski definition) is 1. The molecule has 0 saturated heterocycles. The van der Waals surface area contributed by atoms with Crippen LogP contribution in [0.25, 0.3) is 5.70 Å². The van der Waals surface area contributed by atoms with Gasteiger partial charge in [0.05, 0.1) is 18.3 Å². The lowest BCUT2D eigenvalue weighted by Crippen LogP contribution is -2.56. The Morgan fingerprint density at radius 2 is 1.97 bits per heavy atom. The van der Waals surface area contributed by atoms with E-state index >= 15 is 0 Å². The summed E-state index contributed by atoms with van der Waals surface area (Å²) in [4.78, 5) is 18.8. The van der Waals surface area contributed by atoms with Crippen molar-refractivity contribution in [3.63, 3.8) is 0 Å². The van der Waals surface area contributed by atoms with E-state index in [0.717, 1.165) is 27.9 Å². The third-order valence-electron chi connectivity index (χ3n) is 5.98. The maximum absolute atomic E-state index is 11.3. The van der Waals surface area contributed by atoms with Gasteiger partial charge in [-0.3, -0.25) is 9.79 Å². The average Bonchev–Trinajstić information content (AvgIpc) is 3.13. The van der Waals surface area contributed by atoms with Crippen LogP contribution in [0.2, 0.25) is 0 Å². The zero-order valence-corrected chi connectivity index (χ0v) is 17.5. The first-order valence-electron chi connectivity index (χ1n) is 9.80. The van der Waals surface area contributed by atoms with Crippen LogP contribution in [0.4, 0.5) is 5.69 Å². The van der Waals surface area contributed by atoms with Crippen LogP contribution >= 0.6 is 11.8 Å². The second-order valence-corrected chi connectivity index (χ2v) is 9.02. The number of rotatable bonds is 2. The zero-order chi connectivity index (χ0) is 20.2. The highest BCUT2D eigenvalue weighted by Crippen LogP contribution is 2.52. The fourth-order valence-corrected chi connectivity index (χ4v) is 5.54. The van der Waals surface area contributed by atoms with Gasteiger partial charge in [0, 0.05) is 35.0 Å². The lowest BCUT2D eigenvalue weighted by atomic mass is 9.75. The minimum Gasteiger partial charge on any atom is -0.493 e. The van der Waals surface area contributed by atoms with Gasteiger partial charge in [-0.1, -0.05) is 42.1 Å². The summed E-state index contributed by atoms with van der Waals surface area (Å²) in [5, 5.41) is 6.04. The molecule has 5 rings (SSSR count). The quantitative estimate of drug-likeness (QED) is 0.773. The number of carbonyl (C=O) groups is 1. The summed E-state index contributed by atoms with van der Waals surface area (Å²) in [5.74, 6) is 1.14.